The minimum atomic E-state index is -0.0542. The molecule has 1 unspecified atom stereocenters. The molecule has 1 aliphatic heterocycles. The van der Waals surface area contributed by atoms with Gasteiger partial charge in [-0.05, 0) is 31.6 Å². The van der Waals surface area contributed by atoms with Crippen LogP contribution < -0.4 is 0 Å². The molecule has 4 nitrogen and oxygen atoms in total. The van der Waals surface area contributed by atoms with Crippen LogP contribution in [0.2, 0.25) is 0 Å². The maximum Gasteiger partial charge on any atom is 0.187 e. The first-order chi connectivity index (χ1) is 7.88. The van der Waals surface area contributed by atoms with E-state index in [1.807, 2.05) is 12.3 Å². The Balaban J connectivity index is 1.83. The zero-order valence-corrected chi connectivity index (χ0v) is 10.2. The van der Waals surface area contributed by atoms with Gasteiger partial charge >= 0.3 is 0 Å². The van der Waals surface area contributed by atoms with Gasteiger partial charge in [0.2, 0.25) is 0 Å². The van der Waals surface area contributed by atoms with E-state index in [1.54, 1.807) is 6.20 Å². The van der Waals surface area contributed by atoms with Crippen LogP contribution in [0.15, 0.2) is 17.4 Å². The second-order valence-corrected chi connectivity index (χ2v) is 4.42. The second kappa shape index (κ2) is 6.18. The van der Waals surface area contributed by atoms with E-state index in [-0.39, 0.29) is 6.29 Å². The van der Waals surface area contributed by atoms with Crippen molar-refractivity contribution in [3.05, 3.63) is 18.0 Å². The van der Waals surface area contributed by atoms with Crippen LogP contribution in [0, 0.1) is 0 Å². The summed E-state index contributed by atoms with van der Waals surface area (Å²) in [7, 11) is 0. The third-order valence-corrected chi connectivity index (χ3v) is 2.99. The van der Waals surface area contributed by atoms with Crippen molar-refractivity contribution in [3.8, 4) is 0 Å². The van der Waals surface area contributed by atoms with Crippen LogP contribution >= 0.6 is 11.8 Å². The quantitative estimate of drug-likeness (QED) is 0.596. The van der Waals surface area contributed by atoms with Gasteiger partial charge in [-0.25, -0.2) is 9.97 Å². The molecule has 2 heterocycles. The average Bonchev–Trinajstić information content (AvgIpc) is 2.38. The minimum Gasteiger partial charge on any atom is -0.353 e. The Morgan fingerprint density at radius 2 is 2.50 bits per heavy atom. The Kier molecular flexibility index (Phi) is 4.56. The highest BCUT2D eigenvalue weighted by Crippen LogP contribution is 2.15. The fraction of sp³-hybridized carbons (Fsp3) is 0.636. The number of aromatic nitrogens is 2. The number of thioether (sulfide) groups is 1. The molecule has 0 aliphatic carbocycles. The van der Waals surface area contributed by atoms with Gasteiger partial charge in [0, 0.05) is 12.8 Å². The number of ether oxygens (including phenoxy) is 2. The molecule has 1 aliphatic rings. The van der Waals surface area contributed by atoms with E-state index in [2.05, 4.69) is 9.97 Å². The van der Waals surface area contributed by atoms with E-state index in [0.717, 1.165) is 30.3 Å². The molecule has 0 N–H and O–H groups in total. The molecule has 2 rings (SSSR count). The summed E-state index contributed by atoms with van der Waals surface area (Å²) in [5, 5.41) is 0.783. The summed E-state index contributed by atoms with van der Waals surface area (Å²) in [6.45, 7) is 1.31. The maximum absolute atomic E-state index is 5.65. The van der Waals surface area contributed by atoms with E-state index >= 15 is 0 Å². The predicted octanol–water partition coefficient (Wildman–Crippen LogP) is 2.24. The van der Waals surface area contributed by atoms with Crippen LogP contribution in [0.4, 0.5) is 0 Å². The molecule has 1 aromatic rings. The lowest BCUT2D eigenvalue weighted by atomic mass is 10.2. The van der Waals surface area contributed by atoms with Crippen LogP contribution in [0.5, 0.6) is 0 Å². The highest BCUT2D eigenvalue weighted by atomic mass is 32.2. The topological polar surface area (TPSA) is 44.2 Å². The summed E-state index contributed by atoms with van der Waals surface area (Å²) in [5.74, 6) is 0. The fourth-order valence-corrected chi connectivity index (χ4v) is 1.95. The van der Waals surface area contributed by atoms with Crippen molar-refractivity contribution in [1.29, 1.82) is 0 Å². The summed E-state index contributed by atoms with van der Waals surface area (Å²) < 4.78 is 11.1. The molecule has 1 fully saturated rings. The molecule has 0 aromatic carbocycles. The zero-order chi connectivity index (χ0) is 11.2. The summed E-state index contributed by atoms with van der Waals surface area (Å²) in [4.78, 5) is 8.46. The average molecular weight is 240 g/mol. The maximum atomic E-state index is 5.65. The van der Waals surface area contributed by atoms with Gasteiger partial charge in [0.15, 0.2) is 11.4 Å². The molecule has 1 atom stereocenters. The lowest BCUT2D eigenvalue weighted by molar-refractivity contribution is -0.169. The highest BCUT2D eigenvalue weighted by Gasteiger charge is 2.14. The first-order valence-electron chi connectivity index (χ1n) is 5.47. The number of hydrogen-bond donors (Lipinski definition) is 0. The van der Waals surface area contributed by atoms with Gasteiger partial charge < -0.3 is 9.47 Å². The Bertz CT molecular complexity index is 330. The fourth-order valence-electron chi connectivity index (χ4n) is 1.58. The van der Waals surface area contributed by atoms with Crippen LogP contribution in [0.3, 0.4) is 0 Å². The largest absolute Gasteiger partial charge is 0.353 e. The number of hydrogen-bond acceptors (Lipinski definition) is 5. The molecule has 0 amide bonds. The Hall–Kier alpha value is -0.650. The van der Waals surface area contributed by atoms with Crippen molar-refractivity contribution >= 4 is 11.8 Å². The third-order valence-electron chi connectivity index (χ3n) is 2.43. The SMILES string of the molecule is CSc1nccc(COC2CCCCO2)n1. The highest BCUT2D eigenvalue weighted by molar-refractivity contribution is 7.98. The van der Waals surface area contributed by atoms with Gasteiger partial charge in [0.25, 0.3) is 0 Å². The predicted molar refractivity (Wildman–Crippen MR) is 62.2 cm³/mol. The molecule has 0 bridgehead atoms. The lowest BCUT2D eigenvalue weighted by Gasteiger charge is -2.22. The van der Waals surface area contributed by atoms with Gasteiger partial charge in [-0.3, -0.25) is 0 Å². The minimum absolute atomic E-state index is 0.0542. The molecule has 88 valence electrons. The smallest absolute Gasteiger partial charge is 0.187 e. The molecule has 5 heteroatoms. The number of nitrogens with zero attached hydrogens (tertiary/aromatic N) is 2. The number of rotatable bonds is 4. The van der Waals surface area contributed by atoms with E-state index in [4.69, 9.17) is 9.47 Å². The van der Waals surface area contributed by atoms with Crippen molar-refractivity contribution in [2.45, 2.75) is 37.3 Å². The third kappa shape index (κ3) is 3.43. The van der Waals surface area contributed by atoms with E-state index < -0.39 is 0 Å². The normalized spacial score (nSPS) is 20.9. The summed E-state index contributed by atoms with van der Waals surface area (Å²) in [6.07, 6.45) is 6.99. The molecule has 0 radical (unpaired) electrons. The van der Waals surface area contributed by atoms with Crippen molar-refractivity contribution in [3.63, 3.8) is 0 Å². The van der Waals surface area contributed by atoms with Crippen molar-refractivity contribution < 1.29 is 9.47 Å². The molecule has 16 heavy (non-hydrogen) atoms. The van der Waals surface area contributed by atoms with Gasteiger partial charge in [-0.1, -0.05) is 11.8 Å². The van der Waals surface area contributed by atoms with E-state index in [0.29, 0.717) is 6.61 Å². The monoisotopic (exact) mass is 240 g/mol. The van der Waals surface area contributed by atoms with Crippen LogP contribution in [0.1, 0.15) is 25.0 Å². The van der Waals surface area contributed by atoms with Crippen LogP contribution in [-0.2, 0) is 16.1 Å². The van der Waals surface area contributed by atoms with Crippen molar-refractivity contribution in [1.82, 2.24) is 9.97 Å². The second-order valence-electron chi connectivity index (χ2n) is 3.64. The molecule has 1 aromatic heterocycles. The first-order valence-corrected chi connectivity index (χ1v) is 6.70. The Morgan fingerprint density at radius 3 is 3.25 bits per heavy atom. The van der Waals surface area contributed by atoms with Gasteiger partial charge in [-0.15, -0.1) is 0 Å². The Labute approximate surface area is 99.8 Å². The van der Waals surface area contributed by atoms with E-state index in [1.165, 1.54) is 18.2 Å². The van der Waals surface area contributed by atoms with Crippen LogP contribution in [0.25, 0.3) is 0 Å². The molecule has 0 spiro atoms. The summed E-state index contributed by atoms with van der Waals surface area (Å²) >= 11 is 1.54. The van der Waals surface area contributed by atoms with Gasteiger partial charge in [0.1, 0.15) is 0 Å². The van der Waals surface area contributed by atoms with Gasteiger partial charge in [0.05, 0.1) is 12.3 Å². The molecule has 1 saturated heterocycles. The Morgan fingerprint density at radius 1 is 1.56 bits per heavy atom. The lowest BCUT2D eigenvalue weighted by Crippen LogP contribution is -2.22. The first kappa shape index (κ1) is 11.8. The van der Waals surface area contributed by atoms with Gasteiger partial charge in [-0.2, -0.15) is 0 Å². The molecular weight excluding hydrogens is 224 g/mol. The molecule has 0 saturated carbocycles. The zero-order valence-electron chi connectivity index (χ0n) is 9.39. The van der Waals surface area contributed by atoms with Crippen molar-refractivity contribution in [2.75, 3.05) is 12.9 Å². The van der Waals surface area contributed by atoms with Crippen molar-refractivity contribution in [2.24, 2.45) is 0 Å². The summed E-state index contributed by atoms with van der Waals surface area (Å²) in [6, 6.07) is 1.88. The van der Waals surface area contributed by atoms with Crippen LogP contribution in [-0.4, -0.2) is 29.1 Å². The molecular formula is C11H16N2O2S. The van der Waals surface area contributed by atoms with E-state index in [9.17, 15) is 0 Å². The standard InChI is InChI=1S/C11H16N2O2S/c1-16-11-12-6-5-9(13-11)8-15-10-4-2-3-7-14-10/h5-6,10H,2-4,7-8H2,1H3. The summed E-state index contributed by atoms with van der Waals surface area (Å²) in [5.41, 5.74) is 0.911.